The summed E-state index contributed by atoms with van der Waals surface area (Å²) in [5, 5.41) is 0. The van der Waals surface area contributed by atoms with Gasteiger partial charge in [-0.25, -0.2) is 0 Å². The van der Waals surface area contributed by atoms with Gasteiger partial charge in [-0.2, -0.15) is 0 Å². The minimum atomic E-state index is 1.27. The molecule has 1 radical (unpaired) electrons. The summed E-state index contributed by atoms with van der Waals surface area (Å²) in [6, 6.07) is 0. The van der Waals surface area contributed by atoms with E-state index in [1.807, 2.05) is 0 Å². The summed E-state index contributed by atoms with van der Waals surface area (Å²) in [6.07, 6.45) is 0. The molecule has 0 nitrogen and oxygen atoms in total. The monoisotopic (exact) mass is 299 g/mol. The molecule has 57 valence electrons. The van der Waals surface area contributed by atoms with E-state index >= 15 is 0 Å². The Morgan fingerprint density at radius 1 is 0.800 bits per heavy atom. The third-order valence-corrected chi connectivity index (χ3v) is 14.6. The van der Waals surface area contributed by atoms with Gasteiger partial charge in [-0.05, 0) is 0 Å². The van der Waals surface area contributed by atoms with Gasteiger partial charge in [0.15, 0.2) is 0 Å². The Labute approximate surface area is 88.4 Å². The Hall–Kier alpha value is 2.04. The van der Waals surface area contributed by atoms with Crippen LogP contribution in [0.4, 0.5) is 0 Å². The van der Waals surface area contributed by atoms with Gasteiger partial charge in [0.2, 0.25) is 0 Å². The average Bonchev–Trinajstić information content (AvgIpc) is 1.97. The molecule has 0 saturated carbocycles. The van der Waals surface area contributed by atoms with E-state index in [0.29, 0.717) is 0 Å². The SMILES string of the molecule is [B]=S=S=S=S=S=S=S=S=S. The van der Waals surface area contributed by atoms with Crippen molar-refractivity contribution in [2.45, 2.75) is 0 Å². The molecule has 0 bridgehead atoms. The standard InChI is InChI=1S/BS9/c1-3-5-7-9-10-8-6-4-2. The molecule has 0 aliphatic heterocycles. The summed E-state index contributed by atoms with van der Waals surface area (Å²) in [6.45, 7) is 5.17. The molecule has 10 heavy (non-hydrogen) atoms. The summed E-state index contributed by atoms with van der Waals surface area (Å²) >= 11 is 4.65. The first-order valence-electron chi connectivity index (χ1n) is 1.57. The van der Waals surface area contributed by atoms with Crippen molar-refractivity contribution < 1.29 is 0 Å². The Kier molecular flexibility index (Phi) is 13.3. The fraction of sp³-hybridized carbons (Fsp3) is 0. The first-order valence-corrected chi connectivity index (χ1v) is 12.7. The van der Waals surface area contributed by atoms with Crippen LogP contribution in [0.25, 0.3) is 0 Å². The first kappa shape index (κ1) is 12.0. The predicted octanol–water partition coefficient (Wildman–Crippen LogP) is -0.402. The molecule has 10 heteroatoms. The molecule has 0 saturated heterocycles. The molecule has 0 aliphatic carbocycles. The summed E-state index contributed by atoms with van der Waals surface area (Å²) in [5.74, 6) is 0. The van der Waals surface area contributed by atoms with Gasteiger partial charge in [0.25, 0.3) is 0 Å². The van der Waals surface area contributed by atoms with E-state index in [-0.39, 0.29) is 0 Å². The third-order valence-electron chi connectivity index (χ3n) is 0.206. The quantitative estimate of drug-likeness (QED) is 0.549. The second kappa shape index (κ2) is 11.0. The van der Waals surface area contributed by atoms with Crippen molar-refractivity contribution in [3.8, 4) is 0 Å². The third kappa shape index (κ3) is 10.0. The zero-order valence-corrected chi connectivity index (χ0v) is 11.6. The second-order valence-electron chi connectivity index (χ2n) is 0.573. The van der Waals surface area contributed by atoms with Crippen molar-refractivity contribution in [2.24, 2.45) is 0 Å². The van der Waals surface area contributed by atoms with E-state index in [1.165, 1.54) is 18.6 Å². The fourth-order valence-electron chi connectivity index (χ4n) is 0.0727. The van der Waals surface area contributed by atoms with Crippen molar-refractivity contribution in [1.82, 2.24) is 0 Å². The van der Waals surface area contributed by atoms with Gasteiger partial charge in [0.05, 0.1) is 0 Å². The Balaban J connectivity index is 5.30. The number of hydrogen-bond acceptors (Lipinski definition) is 1. The van der Waals surface area contributed by atoms with Gasteiger partial charge >= 0.3 is 89.8 Å². The van der Waals surface area contributed by atoms with Crippen molar-refractivity contribution in [2.75, 3.05) is 0 Å². The molecule has 0 heterocycles. The van der Waals surface area contributed by atoms with Gasteiger partial charge < -0.3 is 0 Å². The fourth-order valence-corrected chi connectivity index (χ4v) is 15.1. The maximum atomic E-state index is 5.17. The molecule has 0 N–H and O–H groups in total. The Morgan fingerprint density at radius 2 is 1.30 bits per heavy atom. The molecule has 0 fully saturated rings. The van der Waals surface area contributed by atoms with Crippen LogP contribution in [0.5, 0.6) is 0 Å². The van der Waals surface area contributed by atoms with Crippen LogP contribution >= 0.6 is 0 Å². The van der Waals surface area contributed by atoms with Crippen LogP contribution in [-0.2, 0) is 83.1 Å². The normalized spacial score (nSPS) is 6.70. The van der Waals surface area contributed by atoms with Crippen LogP contribution in [-0.4, -0.2) is 6.72 Å². The second-order valence-corrected chi connectivity index (χ2v) is 13.7. The van der Waals surface area contributed by atoms with Gasteiger partial charge in [-0.3, -0.25) is 0 Å². The van der Waals surface area contributed by atoms with Gasteiger partial charge in [0.1, 0.15) is 0 Å². The molecule has 0 aromatic heterocycles. The zero-order valence-electron chi connectivity index (χ0n) is 4.25. The number of hydrogen-bond donors (Lipinski definition) is 0. The van der Waals surface area contributed by atoms with Crippen LogP contribution in [0.3, 0.4) is 0 Å². The summed E-state index contributed by atoms with van der Waals surface area (Å²) in [7, 11) is 12.5. The predicted molar refractivity (Wildman–Crippen MR) is 72.0 cm³/mol. The summed E-state index contributed by atoms with van der Waals surface area (Å²) in [4.78, 5) is 0. The molecular formula is BS9. The van der Waals surface area contributed by atoms with Crippen molar-refractivity contribution in [3.63, 3.8) is 0 Å². The van der Waals surface area contributed by atoms with Gasteiger partial charge in [-0.15, -0.1) is 0 Å². The molecule has 0 spiro atoms. The van der Waals surface area contributed by atoms with E-state index in [2.05, 4.69) is 11.2 Å². The Bertz CT molecular complexity index is 340. The molecule has 0 aliphatic rings. The van der Waals surface area contributed by atoms with E-state index in [0.717, 1.165) is 0 Å². The van der Waals surface area contributed by atoms with Crippen LogP contribution in [0.15, 0.2) is 0 Å². The molecule has 0 atom stereocenters. The van der Waals surface area contributed by atoms with Gasteiger partial charge in [0, 0.05) is 0 Å². The molecule has 0 aromatic carbocycles. The van der Waals surface area contributed by atoms with E-state index < -0.39 is 0 Å². The molecule has 0 aromatic rings. The summed E-state index contributed by atoms with van der Waals surface area (Å²) < 4.78 is 0. The van der Waals surface area contributed by atoms with E-state index in [9.17, 15) is 0 Å². The molecule has 0 unspecified atom stereocenters. The van der Waals surface area contributed by atoms with Crippen LogP contribution in [0.1, 0.15) is 0 Å². The average molecular weight is 299 g/mol. The van der Waals surface area contributed by atoms with Crippen molar-refractivity contribution in [1.29, 1.82) is 0 Å². The Morgan fingerprint density at radius 3 is 1.80 bits per heavy atom. The molecular weight excluding hydrogens is 299 g/mol. The van der Waals surface area contributed by atoms with E-state index in [1.54, 1.807) is 53.3 Å². The topological polar surface area (TPSA) is 0 Å². The van der Waals surface area contributed by atoms with Crippen molar-refractivity contribution in [3.05, 3.63) is 0 Å². The van der Waals surface area contributed by atoms with Crippen molar-refractivity contribution >= 4 is 89.8 Å². The van der Waals surface area contributed by atoms with E-state index in [4.69, 9.17) is 6.72 Å². The van der Waals surface area contributed by atoms with Crippen LogP contribution < -0.4 is 0 Å². The maximum absolute atomic E-state index is 5.17. The van der Waals surface area contributed by atoms with Gasteiger partial charge in [-0.1, -0.05) is 0 Å². The van der Waals surface area contributed by atoms with Crippen LogP contribution in [0, 0.1) is 0 Å². The van der Waals surface area contributed by atoms with Crippen LogP contribution in [0.2, 0.25) is 0 Å². The first-order chi connectivity index (χ1) is 4.91. The summed E-state index contributed by atoms with van der Waals surface area (Å²) in [5.41, 5.74) is 0. The molecule has 0 rings (SSSR count). The minimum absolute atomic E-state index is 1.27. The zero-order chi connectivity index (χ0) is 7.66. The number of rotatable bonds is 0. The molecule has 0 amide bonds.